The summed E-state index contributed by atoms with van der Waals surface area (Å²) in [5.41, 5.74) is 2.05. The average Bonchev–Trinajstić information content (AvgIpc) is 3.30. The number of sulfonamides is 1. The standard InChI is InChI=1S/C27H31N3O5S/c1-34-21-9-11-22(12-10-21)36(32,33)30-15-13-19(14-16-30)28-17-20(31)18-35-26-8-4-7-25-27(26)23-5-2-3-6-24(23)29-25/h2-12,19-20,28-29,31H,13-18H2,1H3/t20-/m0/s1. The Hall–Kier alpha value is -3.11. The van der Waals surface area contributed by atoms with Gasteiger partial charge in [0.1, 0.15) is 24.2 Å². The first-order valence-corrected chi connectivity index (χ1v) is 13.6. The summed E-state index contributed by atoms with van der Waals surface area (Å²) in [5.74, 6) is 1.36. The number of aromatic nitrogens is 1. The maximum atomic E-state index is 12.9. The highest BCUT2D eigenvalue weighted by Gasteiger charge is 2.29. The molecule has 2 heterocycles. The second kappa shape index (κ2) is 10.5. The van der Waals surface area contributed by atoms with Crippen LogP contribution in [0.5, 0.6) is 11.5 Å². The van der Waals surface area contributed by atoms with Gasteiger partial charge in [-0.3, -0.25) is 0 Å². The molecule has 4 aromatic rings. The van der Waals surface area contributed by atoms with E-state index in [-0.39, 0.29) is 17.5 Å². The van der Waals surface area contributed by atoms with Crippen molar-refractivity contribution in [2.75, 3.05) is 33.4 Å². The molecule has 3 aromatic carbocycles. The molecule has 190 valence electrons. The summed E-state index contributed by atoms with van der Waals surface area (Å²) in [6, 6.07) is 20.6. The Labute approximate surface area is 210 Å². The number of rotatable bonds is 9. The van der Waals surface area contributed by atoms with Crippen molar-refractivity contribution in [1.82, 2.24) is 14.6 Å². The lowest BCUT2D eigenvalue weighted by molar-refractivity contribution is 0.102. The van der Waals surface area contributed by atoms with Crippen LogP contribution in [0.2, 0.25) is 0 Å². The fraction of sp³-hybridized carbons (Fsp3) is 0.333. The SMILES string of the molecule is COc1ccc(S(=O)(=O)N2CCC(NC[C@H](O)COc3cccc4[nH]c5ccccc5c34)CC2)cc1. The number of hydrogen-bond acceptors (Lipinski definition) is 6. The maximum Gasteiger partial charge on any atom is 0.243 e. The topological polar surface area (TPSA) is 104 Å². The van der Waals surface area contributed by atoms with Crippen LogP contribution in [0.15, 0.2) is 71.6 Å². The van der Waals surface area contributed by atoms with Crippen molar-refractivity contribution < 1.29 is 23.0 Å². The van der Waals surface area contributed by atoms with Gasteiger partial charge in [0.05, 0.1) is 17.5 Å². The van der Waals surface area contributed by atoms with Gasteiger partial charge in [-0.05, 0) is 55.3 Å². The largest absolute Gasteiger partial charge is 0.497 e. The molecule has 1 aliphatic rings. The van der Waals surface area contributed by atoms with Gasteiger partial charge < -0.3 is 24.9 Å². The van der Waals surface area contributed by atoms with E-state index in [1.165, 1.54) is 4.31 Å². The summed E-state index contributed by atoms with van der Waals surface area (Å²) in [6.45, 7) is 1.40. The molecule has 1 atom stereocenters. The summed E-state index contributed by atoms with van der Waals surface area (Å²) < 4.78 is 38.5. The number of methoxy groups -OCH3 is 1. The molecule has 0 aliphatic carbocycles. The monoisotopic (exact) mass is 509 g/mol. The summed E-state index contributed by atoms with van der Waals surface area (Å²) in [6.07, 6.45) is 0.668. The second-order valence-corrected chi connectivity index (χ2v) is 11.0. The number of ether oxygens (including phenoxy) is 2. The molecule has 9 heteroatoms. The Morgan fingerprint density at radius 1 is 1.03 bits per heavy atom. The third-order valence-electron chi connectivity index (χ3n) is 6.72. The maximum absolute atomic E-state index is 12.9. The number of aromatic amines is 1. The summed E-state index contributed by atoms with van der Waals surface area (Å²) >= 11 is 0. The molecular formula is C27H31N3O5S. The number of aliphatic hydroxyl groups excluding tert-OH is 1. The van der Waals surface area contributed by atoms with E-state index in [1.54, 1.807) is 31.4 Å². The van der Waals surface area contributed by atoms with Crippen molar-refractivity contribution in [3.63, 3.8) is 0 Å². The molecule has 1 aromatic heterocycles. The zero-order valence-corrected chi connectivity index (χ0v) is 21.0. The predicted octanol–water partition coefficient (Wildman–Crippen LogP) is 3.51. The van der Waals surface area contributed by atoms with E-state index in [1.807, 2.05) is 36.4 Å². The first-order chi connectivity index (χ1) is 17.5. The molecule has 1 aliphatic heterocycles. The van der Waals surface area contributed by atoms with Crippen LogP contribution in [0.3, 0.4) is 0 Å². The van der Waals surface area contributed by atoms with E-state index in [0.29, 0.717) is 38.2 Å². The summed E-state index contributed by atoms with van der Waals surface area (Å²) in [4.78, 5) is 3.67. The van der Waals surface area contributed by atoms with E-state index < -0.39 is 16.1 Å². The normalized spacial score (nSPS) is 16.4. The molecule has 0 bridgehead atoms. The Bertz CT molecular complexity index is 1430. The van der Waals surface area contributed by atoms with Gasteiger partial charge in [-0.15, -0.1) is 0 Å². The fourth-order valence-corrected chi connectivity index (χ4v) is 6.20. The van der Waals surface area contributed by atoms with E-state index in [0.717, 1.165) is 27.6 Å². The van der Waals surface area contributed by atoms with Crippen molar-refractivity contribution >= 4 is 31.8 Å². The zero-order chi connectivity index (χ0) is 25.1. The van der Waals surface area contributed by atoms with E-state index in [2.05, 4.69) is 16.4 Å². The van der Waals surface area contributed by atoms with Gasteiger partial charge in [-0.1, -0.05) is 24.3 Å². The molecule has 0 radical (unpaired) electrons. The molecule has 1 saturated heterocycles. The minimum Gasteiger partial charge on any atom is -0.497 e. The van der Waals surface area contributed by atoms with E-state index in [9.17, 15) is 13.5 Å². The van der Waals surface area contributed by atoms with Crippen LogP contribution in [0.25, 0.3) is 21.8 Å². The lowest BCUT2D eigenvalue weighted by Crippen LogP contribution is -2.47. The first-order valence-electron chi connectivity index (χ1n) is 12.1. The number of benzene rings is 3. The number of aliphatic hydroxyl groups is 1. The minimum absolute atomic E-state index is 0.138. The number of piperidine rings is 1. The van der Waals surface area contributed by atoms with Crippen LogP contribution in [-0.2, 0) is 10.0 Å². The van der Waals surface area contributed by atoms with Gasteiger partial charge in [0, 0.05) is 42.0 Å². The van der Waals surface area contributed by atoms with Crippen LogP contribution < -0.4 is 14.8 Å². The van der Waals surface area contributed by atoms with E-state index in [4.69, 9.17) is 9.47 Å². The second-order valence-electron chi connectivity index (χ2n) is 9.08. The highest BCUT2D eigenvalue weighted by Crippen LogP contribution is 2.33. The van der Waals surface area contributed by atoms with E-state index >= 15 is 0 Å². The van der Waals surface area contributed by atoms with Gasteiger partial charge in [0.2, 0.25) is 10.0 Å². The van der Waals surface area contributed by atoms with Gasteiger partial charge in [0.15, 0.2) is 0 Å². The Morgan fingerprint density at radius 3 is 2.50 bits per heavy atom. The molecule has 0 unspecified atom stereocenters. The Kier molecular flexibility index (Phi) is 7.15. The molecule has 0 amide bonds. The molecule has 36 heavy (non-hydrogen) atoms. The van der Waals surface area contributed by atoms with Crippen LogP contribution in [0.4, 0.5) is 0 Å². The third kappa shape index (κ3) is 5.05. The van der Waals surface area contributed by atoms with Crippen LogP contribution >= 0.6 is 0 Å². The molecule has 0 saturated carbocycles. The molecule has 3 N–H and O–H groups in total. The quantitative estimate of drug-likeness (QED) is 0.319. The van der Waals surface area contributed by atoms with Crippen molar-refractivity contribution in [3.05, 3.63) is 66.7 Å². The Balaban J connectivity index is 1.12. The Morgan fingerprint density at radius 2 is 1.75 bits per heavy atom. The van der Waals surface area contributed by atoms with Crippen molar-refractivity contribution in [2.45, 2.75) is 29.9 Å². The molecular weight excluding hydrogens is 478 g/mol. The fourth-order valence-electron chi connectivity index (χ4n) is 4.73. The van der Waals surface area contributed by atoms with Crippen molar-refractivity contribution in [3.8, 4) is 11.5 Å². The van der Waals surface area contributed by atoms with Gasteiger partial charge >= 0.3 is 0 Å². The highest BCUT2D eigenvalue weighted by molar-refractivity contribution is 7.89. The minimum atomic E-state index is -3.53. The average molecular weight is 510 g/mol. The molecule has 5 rings (SSSR count). The molecule has 0 spiro atoms. The number of para-hydroxylation sites is 1. The van der Waals surface area contributed by atoms with Crippen LogP contribution in [-0.4, -0.2) is 68.3 Å². The molecule has 8 nitrogen and oxygen atoms in total. The third-order valence-corrected chi connectivity index (χ3v) is 8.63. The van der Waals surface area contributed by atoms with Crippen LogP contribution in [0, 0.1) is 0 Å². The number of H-pyrrole nitrogens is 1. The van der Waals surface area contributed by atoms with Gasteiger partial charge in [0.25, 0.3) is 0 Å². The number of fused-ring (bicyclic) bond motifs is 3. The lowest BCUT2D eigenvalue weighted by Gasteiger charge is -2.32. The highest BCUT2D eigenvalue weighted by atomic mass is 32.2. The van der Waals surface area contributed by atoms with Gasteiger partial charge in [-0.2, -0.15) is 4.31 Å². The van der Waals surface area contributed by atoms with Crippen molar-refractivity contribution in [1.29, 1.82) is 0 Å². The van der Waals surface area contributed by atoms with Crippen molar-refractivity contribution in [2.24, 2.45) is 0 Å². The van der Waals surface area contributed by atoms with Crippen LogP contribution in [0.1, 0.15) is 12.8 Å². The van der Waals surface area contributed by atoms with Gasteiger partial charge in [-0.25, -0.2) is 8.42 Å². The number of nitrogens with zero attached hydrogens (tertiary/aromatic N) is 1. The summed E-state index contributed by atoms with van der Waals surface area (Å²) in [7, 11) is -1.98. The predicted molar refractivity (Wildman–Crippen MR) is 140 cm³/mol. The first kappa shape index (κ1) is 24.6. The lowest BCUT2D eigenvalue weighted by atomic mass is 10.1. The molecule has 1 fully saturated rings. The smallest absolute Gasteiger partial charge is 0.243 e. The number of nitrogens with one attached hydrogen (secondary N) is 2. The number of hydrogen-bond donors (Lipinski definition) is 3. The summed E-state index contributed by atoms with van der Waals surface area (Å²) in [5, 5.41) is 16.0. The zero-order valence-electron chi connectivity index (χ0n) is 20.2.